The van der Waals surface area contributed by atoms with Crippen LogP contribution in [-0.4, -0.2) is 85.2 Å². The molecule has 1 aromatic carbocycles. The average Bonchev–Trinajstić information content (AvgIpc) is 2.65. The Kier molecular flexibility index (Phi) is 8.27. The van der Waals surface area contributed by atoms with Crippen molar-refractivity contribution in [3.05, 3.63) is 24.3 Å². The van der Waals surface area contributed by atoms with Gasteiger partial charge in [-0.25, -0.2) is 0 Å². The van der Waals surface area contributed by atoms with Crippen molar-refractivity contribution in [3.8, 4) is 5.75 Å². The van der Waals surface area contributed by atoms with Crippen molar-refractivity contribution >= 4 is 17.5 Å². The van der Waals surface area contributed by atoms with E-state index in [-0.39, 0.29) is 24.1 Å². The molecule has 1 N–H and O–H groups in total. The number of piperazine rings is 1. The number of anilines is 1. The van der Waals surface area contributed by atoms with Crippen LogP contribution in [0.5, 0.6) is 5.75 Å². The van der Waals surface area contributed by atoms with Crippen molar-refractivity contribution in [1.82, 2.24) is 14.7 Å². The van der Waals surface area contributed by atoms with Crippen LogP contribution in [0.2, 0.25) is 0 Å². The summed E-state index contributed by atoms with van der Waals surface area (Å²) in [6.45, 7) is 8.58. The summed E-state index contributed by atoms with van der Waals surface area (Å²) in [4.78, 5) is 30.2. The molecule has 10 heteroatoms. The van der Waals surface area contributed by atoms with E-state index >= 15 is 0 Å². The standard InChI is InChI=1S/C19H27F3N4O3/c1-3-26(4-2)18(28)14-25-11-9-24(10-12-25)13-17(27)23-15-5-7-16(8-6-15)29-19(20,21)22/h5-8H,3-4,9-14H2,1-2H3,(H,23,27). The van der Waals surface area contributed by atoms with Gasteiger partial charge in [0.15, 0.2) is 0 Å². The molecular weight excluding hydrogens is 389 g/mol. The number of nitrogens with one attached hydrogen (secondary N) is 1. The highest BCUT2D eigenvalue weighted by molar-refractivity contribution is 5.92. The lowest BCUT2D eigenvalue weighted by molar-refractivity contribution is -0.274. The molecule has 2 amide bonds. The van der Waals surface area contributed by atoms with Gasteiger partial charge < -0.3 is 15.0 Å². The molecule has 29 heavy (non-hydrogen) atoms. The van der Waals surface area contributed by atoms with E-state index in [1.807, 2.05) is 18.7 Å². The quantitative estimate of drug-likeness (QED) is 0.703. The summed E-state index contributed by atoms with van der Waals surface area (Å²) in [7, 11) is 0. The van der Waals surface area contributed by atoms with Crippen molar-refractivity contribution in [1.29, 1.82) is 0 Å². The van der Waals surface area contributed by atoms with Crippen LogP contribution in [0, 0.1) is 0 Å². The summed E-state index contributed by atoms with van der Waals surface area (Å²) in [5.41, 5.74) is 0.396. The number of carbonyl (C=O) groups excluding carboxylic acids is 2. The number of rotatable bonds is 8. The lowest BCUT2D eigenvalue weighted by Crippen LogP contribution is -2.51. The maximum absolute atomic E-state index is 12.2. The fraction of sp³-hybridized carbons (Fsp3) is 0.579. The second kappa shape index (κ2) is 10.4. The number of nitrogens with zero attached hydrogens (tertiary/aromatic N) is 3. The number of ether oxygens (including phenoxy) is 1. The molecule has 0 radical (unpaired) electrons. The molecule has 0 unspecified atom stereocenters. The molecule has 1 aliphatic heterocycles. The first kappa shape index (κ1) is 23.0. The third-order valence-corrected chi connectivity index (χ3v) is 4.68. The van der Waals surface area contributed by atoms with E-state index in [1.54, 1.807) is 4.90 Å². The Hall–Kier alpha value is -2.33. The molecule has 0 bridgehead atoms. The summed E-state index contributed by atoms with van der Waals surface area (Å²) >= 11 is 0. The van der Waals surface area contributed by atoms with E-state index < -0.39 is 6.36 Å². The number of hydrogen-bond acceptors (Lipinski definition) is 5. The summed E-state index contributed by atoms with van der Waals surface area (Å²) < 4.78 is 40.3. The molecule has 1 saturated heterocycles. The van der Waals surface area contributed by atoms with E-state index in [4.69, 9.17) is 0 Å². The molecule has 0 aliphatic carbocycles. The van der Waals surface area contributed by atoms with Crippen molar-refractivity contribution < 1.29 is 27.5 Å². The number of alkyl halides is 3. The van der Waals surface area contributed by atoms with Crippen LogP contribution in [-0.2, 0) is 9.59 Å². The lowest BCUT2D eigenvalue weighted by Gasteiger charge is -2.34. The van der Waals surface area contributed by atoms with E-state index in [1.165, 1.54) is 12.1 Å². The van der Waals surface area contributed by atoms with Gasteiger partial charge in [0.05, 0.1) is 13.1 Å². The molecule has 1 fully saturated rings. The minimum Gasteiger partial charge on any atom is -0.406 e. The molecule has 7 nitrogen and oxygen atoms in total. The molecule has 0 atom stereocenters. The maximum atomic E-state index is 12.2. The second-order valence-corrected chi connectivity index (χ2v) is 6.74. The molecular formula is C19H27F3N4O3. The first-order valence-corrected chi connectivity index (χ1v) is 9.58. The Balaban J connectivity index is 1.73. The van der Waals surface area contributed by atoms with Gasteiger partial charge in [-0.2, -0.15) is 0 Å². The Morgan fingerprint density at radius 1 is 1.00 bits per heavy atom. The van der Waals surface area contributed by atoms with Crippen molar-refractivity contribution in [3.63, 3.8) is 0 Å². The Bertz CT molecular complexity index is 670. The monoisotopic (exact) mass is 416 g/mol. The number of likely N-dealkylation sites (N-methyl/N-ethyl adjacent to an activating group) is 1. The maximum Gasteiger partial charge on any atom is 0.573 e. The van der Waals surface area contributed by atoms with Crippen molar-refractivity contribution in [2.24, 2.45) is 0 Å². The molecule has 0 aromatic heterocycles. The zero-order valence-electron chi connectivity index (χ0n) is 16.7. The van der Waals surface area contributed by atoms with Crippen LogP contribution < -0.4 is 10.1 Å². The first-order chi connectivity index (χ1) is 13.7. The van der Waals surface area contributed by atoms with Crippen LogP contribution in [0.4, 0.5) is 18.9 Å². The van der Waals surface area contributed by atoms with E-state index in [0.717, 1.165) is 12.1 Å². The van der Waals surface area contributed by atoms with E-state index in [0.29, 0.717) is 51.5 Å². The molecule has 1 aromatic rings. The molecule has 162 valence electrons. The summed E-state index contributed by atoms with van der Waals surface area (Å²) in [5.74, 6) is -0.479. The van der Waals surface area contributed by atoms with Gasteiger partial charge in [-0.15, -0.1) is 13.2 Å². The number of carbonyl (C=O) groups is 2. The summed E-state index contributed by atoms with van der Waals surface area (Å²) in [5, 5.41) is 2.66. The fourth-order valence-corrected chi connectivity index (χ4v) is 3.12. The molecule has 2 rings (SSSR count). The van der Waals surface area contributed by atoms with Crippen molar-refractivity contribution in [2.75, 3.05) is 57.7 Å². The molecule has 0 saturated carbocycles. The fourth-order valence-electron chi connectivity index (χ4n) is 3.12. The second-order valence-electron chi connectivity index (χ2n) is 6.74. The minimum absolute atomic E-state index is 0.110. The molecule has 1 aliphatic rings. The zero-order valence-corrected chi connectivity index (χ0v) is 16.7. The summed E-state index contributed by atoms with van der Waals surface area (Å²) in [6.07, 6.45) is -4.75. The highest BCUT2D eigenvalue weighted by Crippen LogP contribution is 2.23. The minimum atomic E-state index is -4.75. The van der Waals surface area contributed by atoms with Crippen LogP contribution in [0.15, 0.2) is 24.3 Å². The van der Waals surface area contributed by atoms with Gasteiger partial charge in [-0.1, -0.05) is 0 Å². The topological polar surface area (TPSA) is 65.1 Å². The zero-order chi connectivity index (χ0) is 21.4. The van der Waals surface area contributed by atoms with Crippen LogP contribution >= 0.6 is 0 Å². The SMILES string of the molecule is CCN(CC)C(=O)CN1CCN(CC(=O)Nc2ccc(OC(F)(F)F)cc2)CC1. The lowest BCUT2D eigenvalue weighted by atomic mass is 10.2. The first-order valence-electron chi connectivity index (χ1n) is 9.58. The van der Waals surface area contributed by atoms with Gasteiger partial charge in [0, 0.05) is 45.0 Å². The van der Waals surface area contributed by atoms with E-state index in [9.17, 15) is 22.8 Å². The number of benzene rings is 1. The highest BCUT2D eigenvalue weighted by Gasteiger charge is 2.31. The normalized spacial score (nSPS) is 15.8. The Morgan fingerprint density at radius 2 is 1.52 bits per heavy atom. The van der Waals surface area contributed by atoms with Gasteiger partial charge in [-0.05, 0) is 38.1 Å². The highest BCUT2D eigenvalue weighted by atomic mass is 19.4. The van der Waals surface area contributed by atoms with Gasteiger partial charge >= 0.3 is 6.36 Å². The van der Waals surface area contributed by atoms with E-state index in [2.05, 4.69) is 15.0 Å². The van der Waals surface area contributed by atoms with Gasteiger partial charge in [0.2, 0.25) is 11.8 Å². The third kappa shape index (κ3) is 7.90. The summed E-state index contributed by atoms with van der Waals surface area (Å²) in [6, 6.07) is 5.01. The van der Waals surface area contributed by atoms with Crippen LogP contribution in [0.1, 0.15) is 13.8 Å². The van der Waals surface area contributed by atoms with Crippen LogP contribution in [0.25, 0.3) is 0 Å². The predicted octanol–water partition coefficient (Wildman–Crippen LogP) is 2.01. The van der Waals surface area contributed by atoms with Crippen molar-refractivity contribution in [2.45, 2.75) is 20.2 Å². The number of hydrogen-bond donors (Lipinski definition) is 1. The average molecular weight is 416 g/mol. The van der Waals surface area contributed by atoms with Gasteiger partial charge in [0.25, 0.3) is 0 Å². The predicted molar refractivity (Wildman–Crippen MR) is 103 cm³/mol. The Morgan fingerprint density at radius 3 is 2.00 bits per heavy atom. The number of amides is 2. The van der Waals surface area contributed by atoms with Gasteiger partial charge in [0.1, 0.15) is 5.75 Å². The Labute approximate surface area is 168 Å². The number of halogens is 3. The largest absolute Gasteiger partial charge is 0.573 e. The smallest absolute Gasteiger partial charge is 0.406 e. The van der Waals surface area contributed by atoms with Gasteiger partial charge in [-0.3, -0.25) is 19.4 Å². The third-order valence-electron chi connectivity index (χ3n) is 4.68. The van der Waals surface area contributed by atoms with Crippen LogP contribution in [0.3, 0.4) is 0 Å². The molecule has 1 heterocycles. The molecule has 0 spiro atoms.